The molecular formula is C19H14Cl2N4O. The van der Waals surface area contributed by atoms with Crippen LogP contribution in [-0.2, 0) is 4.79 Å². The van der Waals surface area contributed by atoms with Crippen LogP contribution in [0.2, 0.25) is 10.0 Å². The molecule has 0 spiro atoms. The van der Waals surface area contributed by atoms with E-state index < -0.39 is 0 Å². The number of rotatable bonds is 2. The van der Waals surface area contributed by atoms with Gasteiger partial charge in [0.1, 0.15) is 0 Å². The summed E-state index contributed by atoms with van der Waals surface area (Å²) in [5.41, 5.74) is 4.01. The molecule has 0 fully saturated rings. The molecule has 0 N–H and O–H groups in total. The lowest BCUT2D eigenvalue weighted by Crippen LogP contribution is -2.24. The lowest BCUT2D eigenvalue weighted by atomic mass is 9.98. The van der Waals surface area contributed by atoms with Crippen molar-refractivity contribution in [3.8, 4) is 0 Å². The van der Waals surface area contributed by atoms with E-state index in [0.29, 0.717) is 16.5 Å². The summed E-state index contributed by atoms with van der Waals surface area (Å²) >= 11 is 12.4. The van der Waals surface area contributed by atoms with Crippen molar-refractivity contribution >= 4 is 45.9 Å². The van der Waals surface area contributed by atoms with Gasteiger partial charge in [0.2, 0.25) is 5.91 Å². The summed E-state index contributed by atoms with van der Waals surface area (Å²) in [7, 11) is 0. The summed E-state index contributed by atoms with van der Waals surface area (Å²) in [5, 5.41) is 7.14. The van der Waals surface area contributed by atoms with E-state index >= 15 is 0 Å². The molecule has 0 bridgehead atoms. The first-order valence-electron chi connectivity index (χ1n) is 8.06. The van der Waals surface area contributed by atoms with Gasteiger partial charge in [-0.3, -0.25) is 14.8 Å². The highest BCUT2D eigenvalue weighted by Crippen LogP contribution is 2.35. The molecule has 2 aromatic carbocycles. The number of nitrogens with zero attached hydrogens (tertiary/aromatic N) is 4. The van der Waals surface area contributed by atoms with Gasteiger partial charge in [-0.1, -0.05) is 29.3 Å². The number of hydrogen-bond acceptors (Lipinski definition) is 4. The van der Waals surface area contributed by atoms with E-state index in [4.69, 9.17) is 23.2 Å². The van der Waals surface area contributed by atoms with Crippen LogP contribution < -0.4 is 0 Å². The molecule has 0 saturated carbocycles. The van der Waals surface area contributed by atoms with Crippen molar-refractivity contribution in [3.05, 3.63) is 70.0 Å². The van der Waals surface area contributed by atoms with Crippen molar-refractivity contribution < 1.29 is 4.79 Å². The van der Waals surface area contributed by atoms with E-state index in [2.05, 4.69) is 15.1 Å². The summed E-state index contributed by atoms with van der Waals surface area (Å²) < 4.78 is 0. The monoisotopic (exact) mass is 384 g/mol. The molecular weight excluding hydrogens is 371 g/mol. The van der Waals surface area contributed by atoms with Gasteiger partial charge in [0, 0.05) is 41.3 Å². The van der Waals surface area contributed by atoms with Crippen LogP contribution >= 0.6 is 23.2 Å². The minimum absolute atomic E-state index is 0.137. The molecule has 0 aliphatic carbocycles. The smallest absolute Gasteiger partial charge is 0.240 e. The van der Waals surface area contributed by atoms with Gasteiger partial charge >= 0.3 is 0 Å². The number of benzene rings is 2. The fourth-order valence-electron chi connectivity index (χ4n) is 3.13. The second-order valence-electron chi connectivity index (χ2n) is 6.06. The quantitative estimate of drug-likeness (QED) is 0.646. The van der Waals surface area contributed by atoms with Crippen molar-refractivity contribution in [2.24, 2.45) is 5.10 Å². The molecule has 5 nitrogen and oxygen atoms in total. The Bertz CT molecular complexity index is 1050. The zero-order valence-electron chi connectivity index (χ0n) is 13.9. The van der Waals surface area contributed by atoms with Crippen molar-refractivity contribution in [1.82, 2.24) is 15.0 Å². The highest BCUT2D eigenvalue weighted by atomic mass is 35.5. The highest BCUT2D eigenvalue weighted by Gasteiger charge is 2.32. The third-order valence-corrected chi connectivity index (χ3v) is 4.92. The van der Waals surface area contributed by atoms with E-state index in [1.807, 2.05) is 18.2 Å². The largest absolute Gasteiger partial charge is 0.273 e. The van der Waals surface area contributed by atoms with Gasteiger partial charge in [-0.05, 0) is 35.9 Å². The Balaban J connectivity index is 1.75. The second kappa shape index (κ2) is 6.67. The van der Waals surface area contributed by atoms with Gasteiger partial charge in [-0.25, -0.2) is 5.01 Å². The Morgan fingerprint density at radius 1 is 1.08 bits per heavy atom. The van der Waals surface area contributed by atoms with Crippen molar-refractivity contribution in [2.45, 2.75) is 19.4 Å². The average Bonchev–Trinajstić information content (AvgIpc) is 3.09. The number of halogens is 2. The molecule has 0 unspecified atom stereocenters. The lowest BCUT2D eigenvalue weighted by Gasteiger charge is -2.20. The van der Waals surface area contributed by atoms with Crippen LogP contribution in [0, 0.1) is 0 Å². The number of hydrogen-bond donors (Lipinski definition) is 0. The summed E-state index contributed by atoms with van der Waals surface area (Å²) in [6.07, 6.45) is 3.85. The molecule has 1 aliphatic rings. The van der Waals surface area contributed by atoms with Gasteiger partial charge in [-0.2, -0.15) is 5.10 Å². The minimum atomic E-state index is -0.219. The molecule has 26 heavy (non-hydrogen) atoms. The van der Waals surface area contributed by atoms with E-state index in [0.717, 1.165) is 27.9 Å². The van der Waals surface area contributed by atoms with Gasteiger partial charge in [0.15, 0.2) is 0 Å². The number of carbonyl (C=O) groups is 1. The van der Waals surface area contributed by atoms with Gasteiger partial charge in [-0.15, -0.1) is 0 Å². The molecule has 1 aliphatic heterocycles. The fourth-order valence-corrected chi connectivity index (χ4v) is 3.53. The number of carbonyl (C=O) groups excluding carboxylic acids is 1. The van der Waals surface area contributed by atoms with Crippen LogP contribution in [0.15, 0.2) is 53.9 Å². The Morgan fingerprint density at radius 3 is 2.62 bits per heavy atom. The minimum Gasteiger partial charge on any atom is -0.273 e. The molecule has 7 heteroatoms. The molecule has 0 saturated heterocycles. The summed E-state index contributed by atoms with van der Waals surface area (Å²) in [5.74, 6) is -0.137. The number of amides is 1. The van der Waals surface area contributed by atoms with Crippen LogP contribution in [0.1, 0.15) is 30.5 Å². The Labute approximate surface area is 160 Å². The molecule has 1 aromatic heterocycles. The van der Waals surface area contributed by atoms with Crippen LogP contribution in [0.4, 0.5) is 0 Å². The predicted octanol–water partition coefficient (Wildman–Crippen LogP) is 4.63. The first-order chi connectivity index (χ1) is 12.5. The first kappa shape index (κ1) is 16.9. The van der Waals surface area contributed by atoms with Gasteiger partial charge in [0.05, 0.1) is 22.8 Å². The molecule has 1 amide bonds. The van der Waals surface area contributed by atoms with E-state index in [9.17, 15) is 4.79 Å². The molecule has 2 heterocycles. The zero-order chi connectivity index (χ0) is 18.3. The van der Waals surface area contributed by atoms with Crippen molar-refractivity contribution in [3.63, 3.8) is 0 Å². The fraction of sp³-hybridized carbons (Fsp3) is 0.158. The number of fused-ring (bicyclic) bond motifs is 1. The van der Waals surface area contributed by atoms with Crippen LogP contribution in [0.3, 0.4) is 0 Å². The summed E-state index contributed by atoms with van der Waals surface area (Å²) in [6, 6.07) is 10.8. The lowest BCUT2D eigenvalue weighted by molar-refractivity contribution is -0.130. The van der Waals surface area contributed by atoms with Crippen molar-refractivity contribution in [2.75, 3.05) is 0 Å². The van der Waals surface area contributed by atoms with Crippen molar-refractivity contribution in [1.29, 1.82) is 0 Å². The molecule has 3 aromatic rings. The zero-order valence-corrected chi connectivity index (χ0v) is 15.4. The molecule has 130 valence electrons. The standard InChI is InChI=1S/C19H14Cl2N4O/c1-11(26)25-19(12-2-5-16-18(8-12)23-7-6-22-16)10-17(24-25)14-9-13(20)3-4-15(14)21/h2-9,19H,10H2,1H3/t19-/m1/s1. The maximum absolute atomic E-state index is 12.2. The summed E-state index contributed by atoms with van der Waals surface area (Å²) in [4.78, 5) is 20.8. The Morgan fingerprint density at radius 2 is 1.85 bits per heavy atom. The Hall–Kier alpha value is -2.50. The molecule has 1 atom stereocenters. The van der Waals surface area contributed by atoms with E-state index in [1.54, 1.807) is 30.6 Å². The SMILES string of the molecule is CC(=O)N1N=C(c2cc(Cl)ccc2Cl)C[C@@H]1c1ccc2nccnc2c1. The second-order valence-corrected chi connectivity index (χ2v) is 6.90. The molecule has 4 rings (SSSR count). The van der Waals surface area contributed by atoms with E-state index in [-0.39, 0.29) is 11.9 Å². The van der Waals surface area contributed by atoms with Gasteiger partial charge in [0.25, 0.3) is 0 Å². The van der Waals surface area contributed by atoms with Gasteiger partial charge < -0.3 is 0 Å². The number of aromatic nitrogens is 2. The predicted molar refractivity (Wildman–Crippen MR) is 102 cm³/mol. The normalized spacial score (nSPS) is 16.8. The number of hydrazone groups is 1. The molecule has 0 radical (unpaired) electrons. The van der Waals surface area contributed by atoms with Crippen LogP contribution in [-0.4, -0.2) is 26.6 Å². The third-order valence-electron chi connectivity index (χ3n) is 4.35. The summed E-state index contributed by atoms with van der Waals surface area (Å²) in [6.45, 7) is 1.50. The average molecular weight is 385 g/mol. The topological polar surface area (TPSA) is 58.5 Å². The Kier molecular flexibility index (Phi) is 4.34. The highest BCUT2D eigenvalue weighted by molar-refractivity contribution is 6.36. The maximum Gasteiger partial charge on any atom is 0.240 e. The first-order valence-corrected chi connectivity index (χ1v) is 8.82. The van der Waals surface area contributed by atoms with Crippen LogP contribution in [0.5, 0.6) is 0 Å². The van der Waals surface area contributed by atoms with E-state index in [1.165, 1.54) is 11.9 Å². The maximum atomic E-state index is 12.2. The third kappa shape index (κ3) is 3.04. The van der Waals surface area contributed by atoms with Crippen LogP contribution in [0.25, 0.3) is 11.0 Å².